The van der Waals surface area contributed by atoms with Crippen molar-refractivity contribution in [1.82, 2.24) is 9.97 Å². The highest BCUT2D eigenvalue weighted by Crippen LogP contribution is 2.37. The molecule has 0 atom stereocenters. The van der Waals surface area contributed by atoms with Gasteiger partial charge in [0.1, 0.15) is 0 Å². The molecule has 2 aromatic carbocycles. The second kappa shape index (κ2) is 7.22. The molecule has 0 bridgehead atoms. The van der Waals surface area contributed by atoms with Crippen LogP contribution in [-0.2, 0) is 6.18 Å². The van der Waals surface area contributed by atoms with Crippen LogP contribution >= 0.6 is 0 Å². The molecule has 1 N–H and O–H groups in total. The quantitative estimate of drug-likeness (QED) is 0.731. The molecule has 0 fully saturated rings. The lowest BCUT2D eigenvalue weighted by atomic mass is 9.99. The number of alkyl halides is 3. The number of halogens is 3. The maximum absolute atomic E-state index is 13.1. The second-order valence-corrected chi connectivity index (χ2v) is 5.18. The third-order valence-corrected chi connectivity index (χ3v) is 3.41. The molecule has 1 heterocycles. The fraction of sp³-hybridized carbons (Fsp3) is 0.0556. The number of anilines is 1. The van der Waals surface area contributed by atoms with Crippen LogP contribution in [0.15, 0.2) is 67.1 Å². The second-order valence-electron chi connectivity index (χ2n) is 5.18. The summed E-state index contributed by atoms with van der Waals surface area (Å²) in [5, 5.41) is 2.46. The van der Waals surface area contributed by atoms with E-state index in [4.69, 9.17) is 4.74 Å². The van der Waals surface area contributed by atoms with E-state index in [-0.39, 0.29) is 11.4 Å². The van der Waals surface area contributed by atoms with Crippen LogP contribution < -0.4 is 10.1 Å². The molecule has 0 saturated carbocycles. The molecular weight excluding hydrogens is 347 g/mol. The first-order valence-corrected chi connectivity index (χ1v) is 7.45. The van der Waals surface area contributed by atoms with Gasteiger partial charge in [0, 0.05) is 18.1 Å². The summed E-state index contributed by atoms with van der Waals surface area (Å²) >= 11 is 0. The number of hydrogen-bond acceptors (Lipinski definition) is 4. The molecule has 8 heteroatoms. The van der Waals surface area contributed by atoms with Gasteiger partial charge < -0.3 is 4.74 Å². The molecule has 0 radical (unpaired) electrons. The van der Waals surface area contributed by atoms with Crippen molar-refractivity contribution in [2.24, 2.45) is 0 Å². The Kier molecular flexibility index (Phi) is 4.83. The van der Waals surface area contributed by atoms with E-state index in [1.54, 1.807) is 0 Å². The van der Waals surface area contributed by atoms with E-state index >= 15 is 0 Å². The minimum atomic E-state index is -4.45. The largest absolute Gasteiger partial charge is 0.418 e. The Morgan fingerprint density at radius 3 is 2.38 bits per heavy atom. The summed E-state index contributed by atoms with van der Waals surface area (Å²) in [7, 11) is 0. The molecule has 132 valence electrons. The van der Waals surface area contributed by atoms with Crippen molar-refractivity contribution in [2.45, 2.75) is 6.18 Å². The van der Waals surface area contributed by atoms with Crippen molar-refractivity contribution < 1.29 is 22.7 Å². The molecule has 26 heavy (non-hydrogen) atoms. The van der Waals surface area contributed by atoms with Gasteiger partial charge in [0.25, 0.3) is 0 Å². The number of rotatable bonds is 3. The van der Waals surface area contributed by atoms with Gasteiger partial charge in [-0.25, -0.2) is 9.78 Å². The third kappa shape index (κ3) is 4.15. The molecule has 0 spiro atoms. The molecule has 1 amide bonds. The summed E-state index contributed by atoms with van der Waals surface area (Å²) in [6, 6.07) is 11.2. The fourth-order valence-electron chi connectivity index (χ4n) is 2.29. The third-order valence-electron chi connectivity index (χ3n) is 3.41. The van der Waals surface area contributed by atoms with Crippen LogP contribution in [0.1, 0.15) is 5.56 Å². The number of hydrogen-bond donors (Lipinski definition) is 1. The van der Waals surface area contributed by atoms with Crippen molar-refractivity contribution in [3.8, 4) is 17.0 Å². The van der Waals surface area contributed by atoms with E-state index in [0.29, 0.717) is 11.3 Å². The number of carbonyl (C=O) groups excluding carboxylic acids is 1. The van der Waals surface area contributed by atoms with Gasteiger partial charge in [-0.15, -0.1) is 0 Å². The lowest BCUT2D eigenvalue weighted by Gasteiger charge is -2.13. The van der Waals surface area contributed by atoms with Crippen molar-refractivity contribution >= 4 is 11.8 Å². The molecule has 3 rings (SSSR count). The summed E-state index contributed by atoms with van der Waals surface area (Å²) in [5.41, 5.74) is 0.0920. The minimum Gasteiger partial charge on any atom is -0.389 e. The molecule has 5 nitrogen and oxygen atoms in total. The van der Waals surface area contributed by atoms with Crippen LogP contribution in [0.25, 0.3) is 11.1 Å². The van der Waals surface area contributed by atoms with E-state index in [1.807, 2.05) is 0 Å². The Morgan fingerprint density at radius 1 is 1.00 bits per heavy atom. The first kappa shape index (κ1) is 17.4. The molecule has 0 unspecified atom stereocenters. The Morgan fingerprint density at radius 2 is 1.73 bits per heavy atom. The van der Waals surface area contributed by atoms with Crippen molar-refractivity contribution in [2.75, 3.05) is 5.32 Å². The van der Waals surface area contributed by atoms with E-state index in [1.165, 1.54) is 61.1 Å². The Hall–Kier alpha value is -3.42. The van der Waals surface area contributed by atoms with Gasteiger partial charge in [-0.05, 0) is 29.3 Å². The van der Waals surface area contributed by atoms with Crippen LogP contribution in [0, 0.1) is 0 Å². The summed E-state index contributed by atoms with van der Waals surface area (Å²) in [5.74, 6) is 0.0284. The highest BCUT2D eigenvalue weighted by molar-refractivity contribution is 5.86. The van der Waals surface area contributed by atoms with E-state index in [2.05, 4.69) is 15.3 Å². The van der Waals surface area contributed by atoms with Crippen LogP contribution in [0.5, 0.6) is 5.88 Å². The number of carbonyl (C=O) groups is 1. The highest BCUT2D eigenvalue weighted by atomic mass is 19.4. The fourth-order valence-corrected chi connectivity index (χ4v) is 2.29. The maximum Gasteiger partial charge on any atom is 0.418 e. The summed E-state index contributed by atoms with van der Waals surface area (Å²) in [6.45, 7) is 0. The monoisotopic (exact) mass is 359 g/mol. The first-order chi connectivity index (χ1) is 12.4. The van der Waals surface area contributed by atoms with Gasteiger partial charge in [-0.1, -0.05) is 30.3 Å². The van der Waals surface area contributed by atoms with E-state index < -0.39 is 17.8 Å². The lowest BCUT2D eigenvalue weighted by molar-refractivity contribution is -0.137. The molecule has 0 aliphatic heterocycles. The van der Waals surface area contributed by atoms with Crippen LogP contribution in [-0.4, -0.2) is 16.1 Å². The molecular formula is C18H12F3N3O2. The van der Waals surface area contributed by atoms with Crippen LogP contribution in [0.4, 0.5) is 23.7 Å². The van der Waals surface area contributed by atoms with Gasteiger partial charge >= 0.3 is 12.3 Å². The highest BCUT2D eigenvalue weighted by Gasteiger charge is 2.33. The van der Waals surface area contributed by atoms with Gasteiger partial charge in [-0.3, -0.25) is 10.3 Å². The molecule has 1 aromatic heterocycles. The predicted molar refractivity (Wildman–Crippen MR) is 88.6 cm³/mol. The van der Waals surface area contributed by atoms with Gasteiger partial charge in [0.2, 0.25) is 5.88 Å². The Labute approximate surface area is 146 Å². The Balaban J connectivity index is 1.74. The smallest absolute Gasteiger partial charge is 0.389 e. The number of ether oxygens (including phenoxy) is 1. The van der Waals surface area contributed by atoms with Gasteiger partial charge in [-0.2, -0.15) is 13.2 Å². The lowest BCUT2D eigenvalue weighted by Crippen LogP contribution is -2.17. The maximum atomic E-state index is 13.1. The first-order valence-electron chi connectivity index (χ1n) is 7.45. The number of nitrogens with one attached hydrogen (secondary N) is 1. The summed E-state index contributed by atoms with van der Waals surface area (Å²) in [6.07, 6.45) is -1.16. The normalized spacial score (nSPS) is 11.0. The number of benzene rings is 2. The number of amides is 1. The van der Waals surface area contributed by atoms with Crippen LogP contribution in [0.2, 0.25) is 0 Å². The predicted octanol–water partition coefficient (Wildman–Crippen LogP) is 4.77. The average Bonchev–Trinajstić information content (AvgIpc) is 2.62. The molecule has 0 aliphatic carbocycles. The average molecular weight is 359 g/mol. The summed E-state index contributed by atoms with van der Waals surface area (Å²) < 4.78 is 44.2. The minimum absolute atomic E-state index is 0.0284. The zero-order chi connectivity index (χ0) is 18.6. The van der Waals surface area contributed by atoms with Gasteiger partial charge in [0.15, 0.2) is 0 Å². The van der Waals surface area contributed by atoms with Crippen molar-refractivity contribution in [3.05, 3.63) is 72.7 Å². The zero-order valence-corrected chi connectivity index (χ0v) is 13.2. The van der Waals surface area contributed by atoms with E-state index in [0.717, 1.165) is 6.07 Å². The Bertz CT molecular complexity index is 898. The topological polar surface area (TPSA) is 64.1 Å². The number of nitrogens with zero attached hydrogens (tertiary/aromatic N) is 2. The van der Waals surface area contributed by atoms with Crippen LogP contribution in [0.3, 0.4) is 0 Å². The molecule has 0 saturated heterocycles. The van der Waals surface area contributed by atoms with Crippen molar-refractivity contribution in [1.29, 1.82) is 0 Å². The standard InChI is InChI=1S/C18H12F3N3O2/c19-18(20,21)15-4-2-1-3-14(15)12-5-7-13(8-6-12)24-17(25)26-16-11-22-9-10-23-16/h1-11H,(H,24,25). The SMILES string of the molecule is O=C(Nc1ccc(-c2ccccc2C(F)(F)F)cc1)Oc1cnccn1. The van der Waals surface area contributed by atoms with Crippen molar-refractivity contribution in [3.63, 3.8) is 0 Å². The number of aromatic nitrogens is 2. The van der Waals surface area contributed by atoms with E-state index in [9.17, 15) is 18.0 Å². The van der Waals surface area contributed by atoms with Gasteiger partial charge in [0.05, 0.1) is 11.8 Å². The molecule has 0 aliphatic rings. The molecule has 3 aromatic rings. The zero-order valence-electron chi connectivity index (χ0n) is 13.2. The summed E-state index contributed by atoms with van der Waals surface area (Å²) in [4.78, 5) is 19.3.